The number of carboxylic acids is 1. The first kappa shape index (κ1) is 17.0. The molecule has 2 rings (SSSR count). The first-order valence-corrected chi connectivity index (χ1v) is 7.61. The van der Waals surface area contributed by atoms with Crippen LogP contribution in [-0.4, -0.2) is 23.2 Å². The molecule has 4 nitrogen and oxygen atoms in total. The Morgan fingerprint density at radius 1 is 1.17 bits per heavy atom. The van der Waals surface area contributed by atoms with Gasteiger partial charge in [-0.1, -0.05) is 39.0 Å². The number of rotatable bonds is 5. The van der Waals surface area contributed by atoms with E-state index in [9.17, 15) is 9.90 Å². The molecule has 0 aliphatic heterocycles. The Kier molecular flexibility index (Phi) is 5.04. The van der Waals surface area contributed by atoms with Gasteiger partial charge in [-0.15, -0.1) is 0 Å². The van der Waals surface area contributed by atoms with Gasteiger partial charge in [0.1, 0.15) is 5.75 Å². The highest BCUT2D eigenvalue weighted by molar-refractivity contribution is 5.73. The van der Waals surface area contributed by atoms with Crippen molar-refractivity contribution < 1.29 is 14.6 Å². The quantitative estimate of drug-likeness (QED) is 0.907. The van der Waals surface area contributed by atoms with Gasteiger partial charge in [-0.3, -0.25) is 9.78 Å². The summed E-state index contributed by atoms with van der Waals surface area (Å²) in [7, 11) is 1.61. The number of carboxylic acid groups (broad SMARTS) is 1. The Hall–Kier alpha value is -2.36. The highest BCUT2D eigenvalue weighted by Gasteiger charge is 2.40. The van der Waals surface area contributed by atoms with Crippen molar-refractivity contribution in [2.24, 2.45) is 11.3 Å². The summed E-state index contributed by atoms with van der Waals surface area (Å²) >= 11 is 0. The topological polar surface area (TPSA) is 59.4 Å². The molecule has 1 N–H and O–H groups in total. The summed E-state index contributed by atoms with van der Waals surface area (Å²) in [5, 5.41) is 9.88. The van der Waals surface area contributed by atoms with Gasteiger partial charge in [-0.25, -0.2) is 0 Å². The number of methoxy groups -OCH3 is 1. The molecule has 0 aliphatic rings. The van der Waals surface area contributed by atoms with Crippen molar-refractivity contribution in [3.8, 4) is 5.75 Å². The fraction of sp³-hybridized carbons (Fsp3) is 0.368. The molecule has 122 valence electrons. The van der Waals surface area contributed by atoms with Gasteiger partial charge in [0.05, 0.1) is 13.0 Å². The molecule has 0 amide bonds. The zero-order valence-corrected chi connectivity index (χ0v) is 14.0. The third kappa shape index (κ3) is 3.89. The van der Waals surface area contributed by atoms with E-state index in [2.05, 4.69) is 4.98 Å². The molecule has 0 radical (unpaired) electrons. The maximum absolute atomic E-state index is 12.0. The standard InChI is InChI=1S/C19H23NO3/c1-19(2,3)17(18(21)22)16(14-8-6-10-20-12-14)13-7-5-9-15(11-13)23-4/h5-12,16-17H,1-4H3,(H,21,22)/t16?,17-/m0/s1. The van der Waals surface area contributed by atoms with E-state index >= 15 is 0 Å². The van der Waals surface area contributed by atoms with E-state index in [1.807, 2.05) is 57.2 Å². The van der Waals surface area contributed by atoms with Crippen molar-refractivity contribution in [1.29, 1.82) is 0 Å². The Morgan fingerprint density at radius 3 is 2.39 bits per heavy atom. The fourth-order valence-corrected chi connectivity index (χ4v) is 2.99. The zero-order valence-electron chi connectivity index (χ0n) is 14.0. The van der Waals surface area contributed by atoms with Crippen LogP contribution in [0.4, 0.5) is 0 Å². The molecule has 1 unspecified atom stereocenters. The smallest absolute Gasteiger partial charge is 0.307 e. The van der Waals surface area contributed by atoms with Crippen molar-refractivity contribution in [2.45, 2.75) is 26.7 Å². The van der Waals surface area contributed by atoms with Crippen LogP contribution >= 0.6 is 0 Å². The van der Waals surface area contributed by atoms with E-state index in [0.29, 0.717) is 0 Å². The number of benzene rings is 1. The number of pyridine rings is 1. The average Bonchev–Trinajstić information content (AvgIpc) is 2.51. The molecule has 1 aromatic carbocycles. The van der Waals surface area contributed by atoms with Gasteiger partial charge in [-0.05, 0) is 34.7 Å². The predicted molar refractivity (Wildman–Crippen MR) is 89.7 cm³/mol. The molecule has 23 heavy (non-hydrogen) atoms. The third-order valence-corrected chi connectivity index (χ3v) is 4.03. The summed E-state index contributed by atoms with van der Waals surface area (Å²) in [5.41, 5.74) is 1.40. The second-order valence-corrected chi connectivity index (χ2v) is 6.72. The van der Waals surface area contributed by atoms with E-state index in [1.165, 1.54) is 0 Å². The van der Waals surface area contributed by atoms with Crippen LogP contribution in [0.1, 0.15) is 37.8 Å². The Morgan fingerprint density at radius 2 is 1.87 bits per heavy atom. The molecule has 4 heteroatoms. The predicted octanol–water partition coefficient (Wildman–Crippen LogP) is 3.97. The monoisotopic (exact) mass is 313 g/mol. The van der Waals surface area contributed by atoms with Crippen LogP contribution in [0.3, 0.4) is 0 Å². The Balaban J connectivity index is 2.62. The van der Waals surface area contributed by atoms with Crippen LogP contribution in [-0.2, 0) is 4.79 Å². The van der Waals surface area contributed by atoms with E-state index in [-0.39, 0.29) is 5.92 Å². The number of hydrogen-bond acceptors (Lipinski definition) is 3. The SMILES string of the molecule is COc1cccc(C(c2cccnc2)[C@@H](C(=O)O)C(C)(C)C)c1. The second kappa shape index (κ2) is 6.82. The summed E-state index contributed by atoms with van der Waals surface area (Å²) in [6.07, 6.45) is 3.44. The molecule has 1 aromatic heterocycles. The van der Waals surface area contributed by atoms with Gasteiger partial charge in [0.25, 0.3) is 0 Å². The molecule has 1 heterocycles. The maximum atomic E-state index is 12.0. The van der Waals surface area contributed by atoms with E-state index in [4.69, 9.17) is 4.74 Å². The largest absolute Gasteiger partial charge is 0.497 e. The molecule has 2 atom stereocenters. The lowest BCUT2D eigenvalue weighted by Crippen LogP contribution is -2.34. The minimum atomic E-state index is -0.811. The van der Waals surface area contributed by atoms with E-state index < -0.39 is 17.3 Å². The molecule has 0 saturated heterocycles. The Labute approximate surface area is 137 Å². The summed E-state index contributed by atoms with van der Waals surface area (Å²) in [6, 6.07) is 11.4. The molecular weight excluding hydrogens is 290 g/mol. The Bertz CT molecular complexity index is 662. The molecule has 0 saturated carbocycles. The van der Waals surface area contributed by atoms with Gasteiger partial charge < -0.3 is 9.84 Å². The lowest BCUT2D eigenvalue weighted by Gasteiger charge is -2.34. The van der Waals surface area contributed by atoms with E-state index in [0.717, 1.165) is 16.9 Å². The number of hydrogen-bond donors (Lipinski definition) is 1. The second-order valence-electron chi connectivity index (χ2n) is 6.72. The number of nitrogens with zero attached hydrogens (tertiary/aromatic N) is 1. The lowest BCUT2D eigenvalue weighted by molar-refractivity contribution is -0.146. The van der Waals surface area contributed by atoms with Crippen LogP contribution in [0.25, 0.3) is 0 Å². The van der Waals surface area contributed by atoms with Crippen LogP contribution in [0.15, 0.2) is 48.8 Å². The van der Waals surface area contributed by atoms with E-state index in [1.54, 1.807) is 19.5 Å². The van der Waals surface area contributed by atoms with Gasteiger partial charge >= 0.3 is 5.97 Å². The highest BCUT2D eigenvalue weighted by Crippen LogP contribution is 2.42. The molecule has 0 spiro atoms. The first-order chi connectivity index (χ1) is 10.8. The maximum Gasteiger partial charge on any atom is 0.307 e. The number of aromatic nitrogens is 1. The normalized spacial score (nSPS) is 14.1. The highest BCUT2D eigenvalue weighted by atomic mass is 16.5. The molecular formula is C19H23NO3. The van der Waals surface area contributed by atoms with Crippen LogP contribution in [0.5, 0.6) is 5.75 Å². The molecule has 0 aliphatic carbocycles. The van der Waals surface area contributed by atoms with Gasteiger partial charge in [-0.2, -0.15) is 0 Å². The minimum absolute atomic E-state index is 0.295. The van der Waals surface area contributed by atoms with Crippen molar-refractivity contribution in [3.05, 3.63) is 59.9 Å². The minimum Gasteiger partial charge on any atom is -0.497 e. The molecule has 0 fully saturated rings. The lowest BCUT2D eigenvalue weighted by atomic mass is 9.68. The van der Waals surface area contributed by atoms with Crippen molar-refractivity contribution in [1.82, 2.24) is 4.98 Å². The van der Waals surface area contributed by atoms with Crippen LogP contribution in [0, 0.1) is 11.3 Å². The van der Waals surface area contributed by atoms with Crippen LogP contribution < -0.4 is 4.74 Å². The zero-order chi connectivity index (χ0) is 17.0. The third-order valence-electron chi connectivity index (χ3n) is 4.03. The van der Waals surface area contributed by atoms with Crippen molar-refractivity contribution in [2.75, 3.05) is 7.11 Å². The summed E-state index contributed by atoms with van der Waals surface area (Å²) in [4.78, 5) is 16.2. The number of carbonyl (C=O) groups is 1. The average molecular weight is 313 g/mol. The summed E-state index contributed by atoms with van der Waals surface area (Å²) in [6.45, 7) is 5.86. The molecule has 0 bridgehead atoms. The summed E-state index contributed by atoms with van der Waals surface area (Å²) < 4.78 is 5.30. The fourth-order valence-electron chi connectivity index (χ4n) is 2.99. The van der Waals surface area contributed by atoms with Gasteiger partial charge in [0, 0.05) is 18.3 Å². The van der Waals surface area contributed by atoms with Crippen molar-refractivity contribution in [3.63, 3.8) is 0 Å². The first-order valence-electron chi connectivity index (χ1n) is 7.61. The number of ether oxygens (including phenoxy) is 1. The molecule has 2 aromatic rings. The van der Waals surface area contributed by atoms with Gasteiger partial charge in [0.15, 0.2) is 0 Å². The van der Waals surface area contributed by atoms with Crippen molar-refractivity contribution >= 4 is 5.97 Å². The van der Waals surface area contributed by atoms with Gasteiger partial charge in [0.2, 0.25) is 0 Å². The number of aliphatic carboxylic acids is 1. The summed E-state index contributed by atoms with van der Waals surface area (Å²) in [5.74, 6) is -0.973. The van der Waals surface area contributed by atoms with Crippen LogP contribution in [0.2, 0.25) is 0 Å².